The second-order valence-corrected chi connectivity index (χ2v) is 8.45. The number of amides is 1. The fourth-order valence-corrected chi connectivity index (χ4v) is 3.91. The van der Waals surface area contributed by atoms with Gasteiger partial charge in [0.2, 0.25) is 5.91 Å². The quantitative estimate of drug-likeness (QED) is 0.297. The smallest absolute Gasteiger partial charge is 0.351 e. The Morgan fingerprint density at radius 3 is 2.00 bits per heavy atom. The normalized spacial score (nSPS) is 15.9. The van der Waals surface area contributed by atoms with Crippen LogP contribution in [0.1, 0.15) is 39.9 Å². The van der Waals surface area contributed by atoms with E-state index in [0.29, 0.717) is 50.2 Å². The number of alkyl halides is 6. The number of Topliss-reactive ketones (excluding diaryl/α,β-unsaturated/α-hetero) is 1. The first-order chi connectivity index (χ1) is 16.8. The molecule has 1 amide bonds. The summed E-state index contributed by atoms with van der Waals surface area (Å²) < 4.78 is 90.7. The minimum absolute atomic E-state index is 0.0216. The highest BCUT2D eigenvalue weighted by Gasteiger charge is 2.36. The molecule has 0 aromatic heterocycles. The van der Waals surface area contributed by atoms with Crippen LogP contribution in [-0.2, 0) is 17.1 Å². The van der Waals surface area contributed by atoms with Gasteiger partial charge in [-0.2, -0.15) is 26.3 Å². The van der Waals surface area contributed by atoms with Gasteiger partial charge in [-0.25, -0.2) is 4.39 Å². The van der Waals surface area contributed by atoms with Gasteiger partial charge in [0.25, 0.3) is 0 Å². The molecular weight excluding hydrogens is 493 g/mol. The number of hydrogen-bond acceptors (Lipinski definition) is 3. The van der Waals surface area contributed by atoms with Crippen molar-refractivity contribution < 1.29 is 40.3 Å². The predicted octanol–water partition coefficient (Wildman–Crippen LogP) is 5.59. The van der Waals surface area contributed by atoms with Gasteiger partial charge in [0.1, 0.15) is 5.82 Å². The Labute approximate surface area is 202 Å². The van der Waals surface area contributed by atoms with E-state index in [1.165, 1.54) is 24.3 Å². The lowest BCUT2D eigenvalue weighted by atomic mass is 9.89. The van der Waals surface area contributed by atoms with Gasteiger partial charge in [-0.1, -0.05) is 0 Å². The minimum atomic E-state index is -4.97. The van der Waals surface area contributed by atoms with E-state index in [1.807, 2.05) is 4.90 Å². The number of benzene rings is 2. The van der Waals surface area contributed by atoms with Crippen molar-refractivity contribution in [3.05, 3.63) is 76.6 Å². The molecule has 1 N–H and O–H groups in total. The SMILES string of the molecule is O=C(/C=C/c1cc(C(F)(F)F)cc(C(F)(F)F)c1)NCCN1CCC(C(=O)c2ccc(F)cc2)CC1. The van der Waals surface area contributed by atoms with E-state index in [1.54, 1.807) is 0 Å². The average molecular weight is 516 g/mol. The maximum absolute atomic E-state index is 13.0. The first-order valence-corrected chi connectivity index (χ1v) is 11.1. The molecule has 1 aliphatic rings. The van der Waals surface area contributed by atoms with E-state index >= 15 is 0 Å². The molecule has 4 nitrogen and oxygen atoms in total. The molecule has 0 aliphatic carbocycles. The zero-order chi connectivity index (χ0) is 26.5. The van der Waals surface area contributed by atoms with Crippen molar-refractivity contribution in [2.24, 2.45) is 5.92 Å². The summed E-state index contributed by atoms with van der Waals surface area (Å²) in [6.45, 7) is 1.87. The summed E-state index contributed by atoms with van der Waals surface area (Å²) in [4.78, 5) is 26.6. The van der Waals surface area contributed by atoms with Crippen molar-refractivity contribution in [2.75, 3.05) is 26.2 Å². The van der Waals surface area contributed by atoms with Crippen LogP contribution in [0.5, 0.6) is 0 Å². The Balaban J connectivity index is 1.48. The third-order valence-corrected chi connectivity index (χ3v) is 5.85. The van der Waals surface area contributed by atoms with Crippen molar-refractivity contribution >= 4 is 17.8 Å². The van der Waals surface area contributed by atoms with Gasteiger partial charge >= 0.3 is 12.4 Å². The molecule has 11 heteroatoms. The molecule has 0 saturated carbocycles. The number of nitrogens with zero attached hydrogens (tertiary/aromatic N) is 1. The van der Waals surface area contributed by atoms with Gasteiger partial charge in [0.05, 0.1) is 11.1 Å². The summed E-state index contributed by atoms with van der Waals surface area (Å²) in [5, 5.41) is 2.54. The van der Waals surface area contributed by atoms with Gasteiger partial charge in [-0.15, -0.1) is 0 Å². The van der Waals surface area contributed by atoms with Crippen LogP contribution in [0, 0.1) is 11.7 Å². The Morgan fingerprint density at radius 1 is 0.917 bits per heavy atom. The van der Waals surface area contributed by atoms with Crippen molar-refractivity contribution in [1.29, 1.82) is 0 Å². The molecular formula is C25H23F7N2O2. The molecule has 0 bridgehead atoms. The zero-order valence-corrected chi connectivity index (χ0v) is 18.9. The van der Waals surface area contributed by atoms with Crippen molar-refractivity contribution in [3.8, 4) is 0 Å². The largest absolute Gasteiger partial charge is 0.416 e. The highest BCUT2D eigenvalue weighted by atomic mass is 19.4. The predicted molar refractivity (Wildman–Crippen MR) is 118 cm³/mol. The molecule has 1 aliphatic heterocycles. The number of piperidine rings is 1. The summed E-state index contributed by atoms with van der Waals surface area (Å²) in [6.07, 6.45) is -6.97. The number of likely N-dealkylation sites (tertiary alicyclic amines) is 1. The molecule has 0 spiro atoms. The number of nitrogens with one attached hydrogen (secondary N) is 1. The monoisotopic (exact) mass is 516 g/mol. The molecule has 0 radical (unpaired) electrons. The highest BCUT2D eigenvalue weighted by Crippen LogP contribution is 2.36. The Morgan fingerprint density at radius 2 is 1.47 bits per heavy atom. The second-order valence-electron chi connectivity index (χ2n) is 8.45. The van der Waals surface area contributed by atoms with Crippen LogP contribution in [0.25, 0.3) is 6.08 Å². The van der Waals surface area contributed by atoms with Crippen molar-refractivity contribution in [3.63, 3.8) is 0 Å². The maximum atomic E-state index is 13.0. The van der Waals surface area contributed by atoms with Crippen LogP contribution < -0.4 is 5.32 Å². The van der Waals surface area contributed by atoms with Crippen molar-refractivity contribution in [1.82, 2.24) is 10.2 Å². The molecule has 1 heterocycles. The van der Waals surface area contributed by atoms with Gasteiger partial charge in [0, 0.05) is 30.6 Å². The van der Waals surface area contributed by atoms with E-state index in [0.717, 1.165) is 12.2 Å². The fourth-order valence-electron chi connectivity index (χ4n) is 3.91. The summed E-state index contributed by atoms with van der Waals surface area (Å²) in [6, 6.07) is 6.48. The number of rotatable bonds is 7. The van der Waals surface area contributed by atoms with Crippen LogP contribution in [0.4, 0.5) is 30.7 Å². The molecule has 36 heavy (non-hydrogen) atoms. The summed E-state index contributed by atoms with van der Waals surface area (Å²) in [5.41, 5.74) is -2.87. The fraction of sp³-hybridized carbons (Fsp3) is 0.360. The molecule has 194 valence electrons. The second kappa shape index (κ2) is 11.2. The van der Waals surface area contributed by atoms with E-state index in [9.17, 15) is 40.3 Å². The first-order valence-electron chi connectivity index (χ1n) is 11.1. The molecule has 0 unspecified atom stereocenters. The number of halogens is 7. The van der Waals surface area contributed by atoms with Crippen LogP contribution in [0.15, 0.2) is 48.5 Å². The lowest BCUT2D eigenvalue weighted by Crippen LogP contribution is -2.40. The van der Waals surface area contributed by atoms with Crippen LogP contribution in [-0.4, -0.2) is 42.8 Å². The number of hydrogen-bond donors (Lipinski definition) is 1. The third kappa shape index (κ3) is 7.64. The average Bonchev–Trinajstić information content (AvgIpc) is 2.82. The summed E-state index contributed by atoms with van der Waals surface area (Å²) >= 11 is 0. The van der Waals surface area contributed by atoms with Crippen molar-refractivity contribution in [2.45, 2.75) is 25.2 Å². The molecule has 2 aromatic carbocycles. The first kappa shape index (κ1) is 27.4. The van der Waals surface area contributed by atoms with Crippen LogP contribution in [0.2, 0.25) is 0 Å². The number of carbonyl (C=O) groups excluding carboxylic acids is 2. The maximum Gasteiger partial charge on any atom is 0.416 e. The van der Waals surface area contributed by atoms with Crippen LogP contribution >= 0.6 is 0 Å². The highest BCUT2D eigenvalue weighted by molar-refractivity contribution is 5.97. The van der Waals surface area contributed by atoms with E-state index in [2.05, 4.69) is 5.32 Å². The Hall–Kier alpha value is -3.21. The van der Waals surface area contributed by atoms with Crippen LogP contribution in [0.3, 0.4) is 0 Å². The van der Waals surface area contributed by atoms with Gasteiger partial charge in [-0.3, -0.25) is 9.59 Å². The van der Waals surface area contributed by atoms with Gasteiger partial charge < -0.3 is 10.2 Å². The van der Waals surface area contributed by atoms with E-state index < -0.39 is 40.8 Å². The Kier molecular flexibility index (Phi) is 8.55. The van der Waals surface area contributed by atoms with Gasteiger partial charge in [0.15, 0.2) is 5.78 Å². The lowest BCUT2D eigenvalue weighted by molar-refractivity contribution is -0.143. The topological polar surface area (TPSA) is 49.4 Å². The molecule has 1 saturated heterocycles. The lowest BCUT2D eigenvalue weighted by Gasteiger charge is -2.31. The summed E-state index contributed by atoms with van der Waals surface area (Å²) in [7, 11) is 0. The number of ketones is 1. The number of carbonyl (C=O) groups is 2. The third-order valence-electron chi connectivity index (χ3n) is 5.85. The minimum Gasteiger partial charge on any atom is -0.351 e. The Bertz CT molecular complexity index is 1070. The standard InChI is InChI=1S/C25H23F7N2O2/c26-21-4-2-17(3-5-21)23(36)18-7-10-34(11-8-18)12-9-33-22(35)6-1-16-13-19(24(27,28)29)15-20(14-16)25(30,31)32/h1-6,13-15,18H,7-12H2,(H,33,35)/b6-1+. The zero-order valence-electron chi connectivity index (χ0n) is 18.9. The van der Waals surface area contributed by atoms with E-state index in [-0.39, 0.29) is 24.3 Å². The van der Waals surface area contributed by atoms with E-state index in [4.69, 9.17) is 0 Å². The molecule has 1 fully saturated rings. The molecule has 3 rings (SSSR count). The van der Waals surface area contributed by atoms with Gasteiger partial charge in [-0.05, 0) is 80.0 Å². The molecule has 2 aromatic rings. The molecule has 0 atom stereocenters. The summed E-state index contributed by atoms with van der Waals surface area (Å²) in [5.74, 6) is -1.31.